The van der Waals surface area contributed by atoms with Gasteiger partial charge in [0.1, 0.15) is 22.7 Å². The van der Waals surface area contributed by atoms with E-state index in [1.807, 2.05) is 12.1 Å². The molecule has 0 bridgehead atoms. The minimum absolute atomic E-state index is 0. The van der Waals surface area contributed by atoms with Crippen LogP contribution in [0.25, 0.3) is 5.57 Å². The highest BCUT2D eigenvalue weighted by Gasteiger charge is 2.31. The molecule has 61 heavy (non-hydrogen) atoms. The number of rotatable bonds is 13. The Bertz CT molecular complexity index is 2480. The molecule has 14 nitrogen and oxygen atoms in total. The predicted octanol–water partition coefficient (Wildman–Crippen LogP) is 8.58. The van der Waals surface area contributed by atoms with Crippen molar-refractivity contribution in [3.63, 3.8) is 0 Å². The fraction of sp³-hybridized carbons (Fsp3) is 0.386. The number of hydrogen-bond acceptors (Lipinski definition) is 11. The first-order chi connectivity index (χ1) is 29.0. The molecule has 3 N–H and O–H groups in total. The Morgan fingerprint density at radius 2 is 1.77 bits per heavy atom. The number of hydrogen-bond donors (Lipinski definition) is 3. The number of nitro benzene ring substituents is 1. The van der Waals surface area contributed by atoms with Crippen molar-refractivity contribution in [2.24, 2.45) is 11.3 Å². The van der Waals surface area contributed by atoms with Crippen molar-refractivity contribution in [1.29, 1.82) is 5.41 Å². The predicted molar refractivity (Wildman–Crippen MR) is 239 cm³/mol. The zero-order valence-corrected chi connectivity index (χ0v) is 36.5. The molecule has 4 aromatic rings. The van der Waals surface area contributed by atoms with Gasteiger partial charge in [-0.15, -0.1) is 0 Å². The maximum absolute atomic E-state index is 13.9. The summed E-state index contributed by atoms with van der Waals surface area (Å²) in [5.74, 6) is -0.561. The minimum Gasteiger partial charge on any atom is -0.455 e. The van der Waals surface area contributed by atoms with Gasteiger partial charge >= 0.3 is 2.85 Å². The van der Waals surface area contributed by atoms with Crippen molar-refractivity contribution < 1.29 is 30.5 Å². The molecule has 0 unspecified atom stereocenters. The first kappa shape index (κ1) is 44.1. The van der Waals surface area contributed by atoms with Gasteiger partial charge in [-0.25, -0.2) is 13.1 Å². The van der Waals surface area contributed by atoms with E-state index in [0.29, 0.717) is 37.9 Å². The Balaban J connectivity index is 0.00000374. The van der Waals surface area contributed by atoms with Crippen LogP contribution in [0.1, 0.15) is 64.7 Å². The number of nitro groups is 1. The van der Waals surface area contributed by atoms with Crippen LogP contribution >= 0.6 is 23.2 Å². The van der Waals surface area contributed by atoms with E-state index in [-0.39, 0.29) is 47.4 Å². The van der Waals surface area contributed by atoms with Crippen LogP contribution < -0.4 is 25.2 Å². The number of nitrogens with one attached hydrogen (secondary N) is 3. The van der Waals surface area contributed by atoms with Crippen LogP contribution in [-0.4, -0.2) is 81.2 Å². The second kappa shape index (κ2) is 18.6. The molecular formula is C44H52Cl2N7O7S+2. The van der Waals surface area contributed by atoms with Crippen molar-refractivity contribution in [3.05, 3.63) is 122 Å². The molecule has 0 spiro atoms. The fourth-order valence-corrected chi connectivity index (χ4v) is 9.39. The summed E-state index contributed by atoms with van der Waals surface area (Å²) >= 11 is 12.5. The zero-order valence-electron chi connectivity index (χ0n) is 36.2. The number of piperazine rings is 1. The third-order valence-electron chi connectivity index (χ3n) is 11.7. The van der Waals surface area contributed by atoms with Gasteiger partial charge < -0.3 is 24.3 Å². The molecule has 323 valence electrons. The molecular weight excluding hydrogens is 841 g/mol. The SMILES string of the molecule is [CH2]n1cc(Oc2cc(N3CCN(CC4=C(c5ccc(Cl)cc5)CC(C)(C)CC4)CC3)ccc2C(=O)NS(=O)(=O)c2ccc(NCC3CCOCC3)c([N+](=O)[O-])c2)cc(Cl)c1=N.[H+].[H+]. The number of carbonyl (C=O) groups excluding carboxylic acids is 1. The second-order valence-electron chi connectivity index (χ2n) is 16.6. The number of amides is 1. The Labute approximate surface area is 369 Å². The number of carbonyl (C=O) groups is 1. The van der Waals surface area contributed by atoms with E-state index in [2.05, 4.69) is 52.9 Å². The molecule has 7 rings (SSSR count). The van der Waals surface area contributed by atoms with Gasteiger partial charge in [-0.1, -0.05) is 54.8 Å². The van der Waals surface area contributed by atoms with Crippen molar-refractivity contribution >= 4 is 61.8 Å². The van der Waals surface area contributed by atoms with Crippen molar-refractivity contribution in [2.75, 3.05) is 62.7 Å². The third-order valence-corrected chi connectivity index (χ3v) is 13.5. The lowest BCUT2D eigenvalue weighted by molar-refractivity contribution is -0.384. The minimum atomic E-state index is -4.59. The normalized spacial score (nSPS) is 17.6. The fourth-order valence-electron chi connectivity index (χ4n) is 8.07. The second-order valence-corrected chi connectivity index (χ2v) is 19.2. The average molecular weight is 894 g/mol. The quantitative estimate of drug-likeness (QED) is 0.0872. The van der Waals surface area contributed by atoms with Crippen LogP contribution in [0.2, 0.25) is 10.0 Å². The first-order valence-corrected chi connectivity index (χ1v) is 22.5. The number of halogens is 2. The van der Waals surface area contributed by atoms with Gasteiger partial charge in [0.2, 0.25) is 0 Å². The number of pyridine rings is 1. The molecule has 17 heteroatoms. The van der Waals surface area contributed by atoms with E-state index >= 15 is 0 Å². The molecule has 1 radical (unpaired) electrons. The van der Waals surface area contributed by atoms with Crippen molar-refractivity contribution in [1.82, 2.24) is 14.2 Å². The molecule has 0 atom stereocenters. The number of sulfonamides is 1. The molecule has 3 aromatic carbocycles. The van der Waals surface area contributed by atoms with Gasteiger partial charge in [0.25, 0.3) is 21.6 Å². The highest BCUT2D eigenvalue weighted by Crippen LogP contribution is 2.43. The molecule has 1 aromatic heterocycles. The highest BCUT2D eigenvalue weighted by molar-refractivity contribution is 7.90. The Morgan fingerprint density at radius 1 is 1.05 bits per heavy atom. The van der Waals surface area contributed by atoms with Crippen LogP contribution in [0.5, 0.6) is 11.5 Å². The smallest absolute Gasteiger partial charge is 0.455 e. The summed E-state index contributed by atoms with van der Waals surface area (Å²) < 4.78 is 42.1. The molecule has 3 aliphatic rings. The lowest BCUT2D eigenvalue weighted by Gasteiger charge is -2.39. The summed E-state index contributed by atoms with van der Waals surface area (Å²) in [7, 11) is -0.810. The van der Waals surface area contributed by atoms with E-state index in [4.69, 9.17) is 38.1 Å². The van der Waals surface area contributed by atoms with E-state index in [1.165, 1.54) is 51.7 Å². The third kappa shape index (κ3) is 10.8. The van der Waals surface area contributed by atoms with Gasteiger partial charge in [-0.2, -0.15) is 0 Å². The molecule has 2 aliphatic heterocycles. The summed E-state index contributed by atoms with van der Waals surface area (Å²) in [4.78, 5) is 29.5. The van der Waals surface area contributed by atoms with Gasteiger partial charge in [0, 0.05) is 94.6 Å². The number of anilines is 2. The summed E-state index contributed by atoms with van der Waals surface area (Å²) in [5, 5.41) is 24.0. The lowest BCUT2D eigenvalue weighted by Crippen LogP contribution is -2.47. The molecule has 0 saturated carbocycles. The van der Waals surface area contributed by atoms with Crippen LogP contribution in [0.3, 0.4) is 0 Å². The zero-order chi connectivity index (χ0) is 43.5. The van der Waals surface area contributed by atoms with Crippen LogP contribution in [0, 0.1) is 33.9 Å². The lowest BCUT2D eigenvalue weighted by atomic mass is 9.72. The van der Waals surface area contributed by atoms with Gasteiger partial charge in [0.15, 0.2) is 0 Å². The van der Waals surface area contributed by atoms with E-state index < -0.39 is 31.4 Å². The number of allylic oxidation sites excluding steroid dienone is 1. The van der Waals surface area contributed by atoms with E-state index in [0.717, 1.165) is 63.5 Å². The van der Waals surface area contributed by atoms with Crippen LogP contribution in [0.4, 0.5) is 17.1 Å². The Kier molecular flexibility index (Phi) is 13.4. The Hall–Kier alpha value is -4.93. The van der Waals surface area contributed by atoms with Gasteiger partial charge in [-0.05, 0) is 91.0 Å². The van der Waals surface area contributed by atoms with Gasteiger partial charge in [0.05, 0.1) is 20.4 Å². The number of nitrogens with zero attached hydrogens (tertiary/aromatic N) is 4. The summed E-state index contributed by atoms with van der Waals surface area (Å²) in [6, 6.07) is 17.9. The van der Waals surface area contributed by atoms with Gasteiger partial charge in [-0.3, -0.25) is 25.2 Å². The number of aromatic nitrogens is 1. The molecule has 2 saturated heterocycles. The van der Waals surface area contributed by atoms with Crippen LogP contribution in [-0.2, 0) is 14.8 Å². The molecule has 1 aliphatic carbocycles. The summed E-state index contributed by atoms with van der Waals surface area (Å²) in [6.45, 7) is 10.1. The number of benzene rings is 3. The highest BCUT2D eigenvalue weighted by atomic mass is 35.5. The first-order valence-electron chi connectivity index (χ1n) is 20.3. The standard InChI is InChI=1S/C44H50Cl2N7O7S/c1-44(2)15-12-31(37(25-44)30-4-6-32(45)7-5-30)27-51-16-18-52(19-17-51)33-8-10-36(41(22-33)60-34-23-38(46)42(47)50(3)28-34)43(54)49-61(57,58)35-9-11-39(40(24-35)53(55)56)48-26-29-13-20-59-21-14-29/h4-11,22-24,28-29,47-48H,3,12-21,25-27H2,1-2H3,(H,49,54)/p+2. The topological polar surface area (TPSA) is 172 Å². The van der Waals surface area contributed by atoms with Crippen molar-refractivity contribution in [2.45, 2.75) is 50.8 Å². The van der Waals surface area contributed by atoms with E-state index in [1.54, 1.807) is 12.1 Å². The molecule has 3 heterocycles. The summed E-state index contributed by atoms with van der Waals surface area (Å²) in [5.41, 5.74) is 4.58. The molecule has 2 fully saturated rings. The largest absolute Gasteiger partial charge is 1.00 e. The maximum atomic E-state index is 13.9. The van der Waals surface area contributed by atoms with E-state index in [9.17, 15) is 23.3 Å². The number of ether oxygens (including phenoxy) is 2. The van der Waals surface area contributed by atoms with Crippen LogP contribution in [0.15, 0.2) is 83.4 Å². The van der Waals surface area contributed by atoms with Crippen molar-refractivity contribution in [3.8, 4) is 11.5 Å². The Morgan fingerprint density at radius 3 is 2.46 bits per heavy atom. The monoisotopic (exact) mass is 892 g/mol. The maximum Gasteiger partial charge on any atom is 1.00 e. The summed E-state index contributed by atoms with van der Waals surface area (Å²) in [6.07, 6.45) is 6.19. The molecule has 1 amide bonds. The average Bonchev–Trinajstić information content (AvgIpc) is 3.23.